The Morgan fingerprint density at radius 3 is 2.52 bits per heavy atom. The standard InChI is InChI=1S/C15H23NO4S/c1-17-6-3-7-19-8-9-20-11-12-4-5-14(18-2)13(10-12)15(16)21/h4-5,10H,3,6-9,11H2,1-2H3,(H2,16,21). The van der Waals surface area contributed by atoms with Crippen LogP contribution in [0.5, 0.6) is 5.75 Å². The van der Waals surface area contributed by atoms with E-state index < -0.39 is 0 Å². The summed E-state index contributed by atoms with van der Waals surface area (Å²) in [6.45, 7) is 3.00. The van der Waals surface area contributed by atoms with Crippen LogP contribution in [0.1, 0.15) is 17.5 Å². The van der Waals surface area contributed by atoms with Crippen molar-refractivity contribution in [1.82, 2.24) is 0 Å². The summed E-state index contributed by atoms with van der Waals surface area (Å²) in [5, 5.41) is 0. The molecule has 2 N–H and O–H groups in total. The van der Waals surface area contributed by atoms with Crippen molar-refractivity contribution in [2.45, 2.75) is 13.0 Å². The minimum atomic E-state index is 0.315. The van der Waals surface area contributed by atoms with Crippen molar-refractivity contribution in [1.29, 1.82) is 0 Å². The minimum absolute atomic E-state index is 0.315. The van der Waals surface area contributed by atoms with Crippen molar-refractivity contribution in [2.75, 3.05) is 40.6 Å². The predicted octanol–water partition coefficient (Wildman–Crippen LogP) is 1.90. The summed E-state index contributed by atoms with van der Waals surface area (Å²) in [6.07, 6.45) is 0.895. The molecule has 0 saturated carbocycles. The van der Waals surface area contributed by atoms with Gasteiger partial charge in [-0.25, -0.2) is 0 Å². The Kier molecular flexibility index (Phi) is 8.93. The minimum Gasteiger partial charge on any atom is -0.496 e. The molecule has 0 aromatic heterocycles. The molecule has 0 aliphatic carbocycles. The average molecular weight is 313 g/mol. The first-order valence-electron chi connectivity index (χ1n) is 6.80. The molecule has 0 bridgehead atoms. The molecule has 21 heavy (non-hydrogen) atoms. The van der Waals surface area contributed by atoms with Crippen LogP contribution >= 0.6 is 12.2 Å². The summed E-state index contributed by atoms with van der Waals surface area (Å²) in [5.41, 5.74) is 7.40. The van der Waals surface area contributed by atoms with Gasteiger partial charge in [-0.3, -0.25) is 0 Å². The lowest BCUT2D eigenvalue weighted by Gasteiger charge is -2.10. The van der Waals surface area contributed by atoms with Crippen molar-refractivity contribution in [2.24, 2.45) is 5.73 Å². The van der Waals surface area contributed by atoms with Crippen LogP contribution < -0.4 is 10.5 Å². The molecule has 0 heterocycles. The van der Waals surface area contributed by atoms with Gasteiger partial charge < -0.3 is 24.7 Å². The second-order valence-corrected chi connectivity index (χ2v) is 4.85. The van der Waals surface area contributed by atoms with Gasteiger partial charge in [-0.15, -0.1) is 0 Å². The van der Waals surface area contributed by atoms with Crippen LogP contribution in [0.3, 0.4) is 0 Å². The van der Waals surface area contributed by atoms with E-state index in [4.69, 9.17) is 36.9 Å². The zero-order valence-electron chi connectivity index (χ0n) is 12.6. The molecule has 0 fully saturated rings. The number of methoxy groups -OCH3 is 2. The van der Waals surface area contributed by atoms with Gasteiger partial charge >= 0.3 is 0 Å². The van der Waals surface area contributed by atoms with Gasteiger partial charge in [0.15, 0.2) is 0 Å². The Morgan fingerprint density at radius 1 is 1.10 bits per heavy atom. The highest BCUT2D eigenvalue weighted by Crippen LogP contribution is 2.20. The first-order valence-corrected chi connectivity index (χ1v) is 7.21. The predicted molar refractivity (Wildman–Crippen MR) is 85.8 cm³/mol. The highest BCUT2D eigenvalue weighted by Gasteiger charge is 2.07. The molecular formula is C15H23NO4S. The summed E-state index contributed by atoms with van der Waals surface area (Å²) in [6, 6.07) is 5.66. The monoisotopic (exact) mass is 313 g/mol. The van der Waals surface area contributed by atoms with Crippen molar-refractivity contribution < 1.29 is 18.9 Å². The SMILES string of the molecule is COCCCOCCOCc1ccc(OC)c(C(N)=S)c1. The lowest BCUT2D eigenvalue weighted by molar-refractivity contribution is 0.0337. The summed E-state index contributed by atoms with van der Waals surface area (Å²) in [4.78, 5) is 0.315. The molecule has 1 aromatic rings. The second kappa shape index (κ2) is 10.5. The van der Waals surface area contributed by atoms with Crippen LogP contribution in [0.15, 0.2) is 18.2 Å². The molecule has 0 unspecified atom stereocenters. The third-order valence-electron chi connectivity index (χ3n) is 2.81. The fraction of sp³-hybridized carbons (Fsp3) is 0.533. The zero-order chi connectivity index (χ0) is 15.5. The van der Waals surface area contributed by atoms with Gasteiger partial charge in [-0.1, -0.05) is 18.3 Å². The maximum absolute atomic E-state index is 5.67. The van der Waals surface area contributed by atoms with Crippen LogP contribution in [0, 0.1) is 0 Å². The van der Waals surface area contributed by atoms with E-state index in [0.29, 0.717) is 43.8 Å². The molecule has 0 radical (unpaired) electrons. The van der Waals surface area contributed by atoms with Crippen LogP contribution in [0.25, 0.3) is 0 Å². The van der Waals surface area contributed by atoms with Crippen molar-refractivity contribution >= 4 is 17.2 Å². The van der Waals surface area contributed by atoms with Crippen LogP contribution in [-0.2, 0) is 20.8 Å². The molecule has 6 heteroatoms. The van der Waals surface area contributed by atoms with Gasteiger partial charge in [-0.2, -0.15) is 0 Å². The van der Waals surface area contributed by atoms with Gasteiger partial charge in [0, 0.05) is 20.3 Å². The number of hydrogen-bond donors (Lipinski definition) is 1. The van der Waals surface area contributed by atoms with E-state index in [1.807, 2.05) is 18.2 Å². The third kappa shape index (κ3) is 6.86. The van der Waals surface area contributed by atoms with E-state index in [1.54, 1.807) is 14.2 Å². The number of nitrogens with two attached hydrogens (primary N) is 1. The van der Waals surface area contributed by atoms with Gasteiger partial charge in [0.05, 0.1) is 32.5 Å². The Bertz CT molecular complexity index is 440. The van der Waals surface area contributed by atoms with Crippen LogP contribution in [-0.4, -0.2) is 45.6 Å². The van der Waals surface area contributed by atoms with Gasteiger partial charge in [0.2, 0.25) is 0 Å². The largest absolute Gasteiger partial charge is 0.496 e. The summed E-state index contributed by atoms with van der Waals surface area (Å²) < 4.78 is 21.1. The Labute approximate surface area is 131 Å². The van der Waals surface area contributed by atoms with Crippen molar-refractivity contribution in [3.05, 3.63) is 29.3 Å². The molecule has 0 amide bonds. The lowest BCUT2D eigenvalue weighted by atomic mass is 10.1. The second-order valence-electron chi connectivity index (χ2n) is 4.41. The maximum atomic E-state index is 5.67. The molecule has 5 nitrogen and oxygen atoms in total. The summed E-state index contributed by atoms with van der Waals surface area (Å²) in [5.74, 6) is 0.674. The topological polar surface area (TPSA) is 62.9 Å². The molecule has 0 saturated heterocycles. The highest BCUT2D eigenvalue weighted by atomic mass is 32.1. The number of rotatable bonds is 11. The van der Waals surface area contributed by atoms with E-state index in [1.165, 1.54) is 0 Å². The van der Waals surface area contributed by atoms with Crippen molar-refractivity contribution in [3.8, 4) is 5.75 Å². The molecule has 0 aliphatic rings. The van der Waals surface area contributed by atoms with E-state index in [-0.39, 0.29) is 0 Å². The Balaban J connectivity index is 2.29. The zero-order valence-corrected chi connectivity index (χ0v) is 13.4. The van der Waals surface area contributed by atoms with Crippen LogP contribution in [0.2, 0.25) is 0 Å². The number of thiocarbonyl (C=S) groups is 1. The Hall–Kier alpha value is -1.21. The Morgan fingerprint density at radius 2 is 1.86 bits per heavy atom. The lowest BCUT2D eigenvalue weighted by Crippen LogP contribution is -2.12. The first kappa shape index (κ1) is 17.8. The summed E-state index contributed by atoms with van der Waals surface area (Å²) in [7, 11) is 3.27. The normalized spacial score (nSPS) is 10.6. The number of hydrogen-bond acceptors (Lipinski definition) is 5. The number of benzene rings is 1. The number of ether oxygens (including phenoxy) is 4. The molecule has 0 spiro atoms. The van der Waals surface area contributed by atoms with Gasteiger partial charge in [-0.05, 0) is 24.1 Å². The molecule has 1 aromatic carbocycles. The molecular weight excluding hydrogens is 290 g/mol. The first-order chi connectivity index (χ1) is 10.2. The third-order valence-corrected chi connectivity index (χ3v) is 3.03. The molecule has 0 aliphatic heterocycles. The fourth-order valence-electron chi connectivity index (χ4n) is 1.75. The fourth-order valence-corrected chi connectivity index (χ4v) is 1.91. The molecule has 1 rings (SSSR count). The van der Waals surface area contributed by atoms with E-state index in [0.717, 1.165) is 17.5 Å². The van der Waals surface area contributed by atoms with E-state index >= 15 is 0 Å². The van der Waals surface area contributed by atoms with E-state index in [9.17, 15) is 0 Å². The highest BCUT2D eigenvalue weighted by molar-refractivity contribution is 7.80. The molecule has 118 valence electrons. The smallest absolute Gasteiger partial charge is 0.129 e. The van der Waals surface area contributed by atoms with Crippen molar-refractivity contribution in [3.63, 3.8) is 0 Å². The maximum Gasteiger partial charge on any atom is 0.129 e. The van der Waals surface area contributed by atoms with Crippen LogP contribution in [0.4, 0.5) is 0 Å². The average Bonchev–Trinajstić information content (AvgIpc) is 2.49. The summed E-state index contributed by atoms with van der Waals surface area (Å²) >= 11 is 5.01. The van der Waals surface area contributed by atoms with Gasteiger partial charge in [0.25, 0.3) is 0 Å². The van der Waals surface area contributed by atoms with Gasteiger partial charge in [0.1, 0.15) is 10.7 Å². The quantitative estimate of drug-likeness (QED) is 0.497. The van der Waals surface area contributed by atoms with E-state index in [2.05, 4.69) is 0 Å². The molecule has 0 atom stereocenters.